The third-order valence-corrected chi connectivity index (χ3v) is 6.14. The topological polar surface area (TPSA) is 64.5 Å². The van der Waals surface area contributed by atoms with Gasteiger partial charge in [0.15, 0.2) is 0 Å². The van der Waals surface area contributed by atoms with Gasteiger partial charge in [-0.25, -0.2) is 0 Å². The normalized spacial score (nSPS) is 17.6. The summed E-state index contributed by atoms with van der Waals surface area (Å²) in [6.07, 6.45) is 4.07. The first kappa shape index (κ1) is 18.9. The van der Waals surface area contributed by atoms with Crippen molar-refractivity contribution >= 4 is 23.1 Å². The summed E-state index contributed by atoms with van der Waals surface area (Å²) in [7, 11) is 0. The molecule has 1 saturated heterocycles. The molecule has 0 aliphatic carbocycles. The fraction of sp³-hybridized carbons (Fsp3) is 0.429. The van der Waals surface area contributed by atoms with Crippen molar-refractivity contribution in [3.63, 3.8) is 0 Å². The molecular weight excluding hydrogens is 342 g/mol. The number of rotatable bonds is 6. The van der Waals surface area contributed by atoms with Crippen LogP contribution in [0.2, 0.25) is 0 Å². The molecule has 1 heterocycles. The van der Waals surface area contributed by atoms with Gasteiger partial charge in [-0.1, -0.05) is 30.3 Å². The van der Waals surface area contributed by atoms with E-state index in [0.717, 1.165) is 15.5 Å². The minimum absolute atomic E-state index is 0.131. The quantitative estimate of drug-likeness (QED) is 0.724. The molecule has 1 aliphatic heterocycles. The van der Waals surface area contributed by atoms with E-state index in [9.17, 15) is 0 Å². The third-order valence-electron chi connectivity index (χ3n) is 5.09. The molecule has 2 unspecified atom stereocenters. The Balaban J connectivity index is 1.70. The van der Waals surface area contributed by atoms with E-state index in [0.29, 0.717) is 17.4 Å². The number of ether oxygens (including phenoxy) is 1. The molecule has 0 aromatic heterocycles. The molecule has 1 aliphatic rings. The Morgan fingerprint density at radius 2 is 1.69 bits per heavy atom. The standard InChI is InChI=1S/C21H29N3OS/c1-15(24-12-6-3-7-13-24)16(2)25-20-8-4-5-9-21(20)26-17-10-11-18(22)19(23)14-17/h4-5,8-11,14-16H,3,6-7,12-13,22-23H2,1-2H3. The Bertz CT molecular complexity index is 731. The molecular formula is C21H29N3OS. The predicted octanol–water partition coefficient (Wildman–Crippen LogP) is 4.64. The molecule has 0 radical (unpaired) electrons. The molecule has 0 amide bonds. The number of nitrogen functional groups attached to an aromatic ring is 2. The van der Waals surface area contributed by atoms with Crippen molar-refractivity contribution < 1.29 is 4.74 Å². The molecule has 2 aromatic rings. The second-order valence-electron chi connectivity index (χ2n) is 7.00. The highest BCUT2D eigenvalue weighted by Gasteiger charge is 2.23. The summed E-state index contributed by atoms with van der Waals surface area (Å²) < 4.78 is 6.37. The second-order valence-corrected chi connectivity index (χ2v) is 8.12. The summed E-state index contributed by atoms with van der Waals surface area (Å²) in [6, 6.07) is 14.4. The first-order valence-corrected chi connectivity index (χ1v) is 10.2. The van der Waals surface area contributed by atoms with Crippen LogP contribution in [0.15, 0.2) is 52.3 Å². The molecule has 0 saturated carbocycles. The van der Waals surface area contributed by atoms with Gasteiger partial charge in [0.2, 0.25) is 0 Å². The van der Waals surface area contributed by atoms with Gasteiger partial charge >= 0.3 is 0 Å². The van der Waals surface area contributed by atoms with Crippen LogP contribution in [0.1, 0.15) is 33.1 Å². The van der Waals surface area contributed by atoms with Gasteiger partial charge in [-0.15, -0.1) is 0 Å². The number of benzene rings is 2. The molecule has 2 aromatic carbocycles. The van der Waals surface area contributed by atoms with Crippen molar-refractivity contribution in [2.75, 3.05) is 24.6 Å². The van der Waals surface area contributed by atoms with Crippen molar-refractivity contribution in [3.8, 4) is 5.75 Å². The number of piperidine rings is 1. The zero-order valence-corrected chi connectivity index (χ0v) is 16.5. The SMILES string of the molecule is CC(Oc1ccccc1Sc1ccc(N)c(N)c1)C(C)N1CCCCC1. The Hall–Kier alpha value is -1.85. The van der Waals surface area contributed by atoms with Crippen LogP contribution in [-0.4, -0.2) is 30.1 Å². The van der Waals surface area contributed by atoms with Crippen molar-refractivity contribution in [1.29, 1.82) is 0 Å². The molecule has 5 heteroatoms. The van der Waals surface area contributed by atoms with Gasteiger partial charge in [-0.3, -0.25) is 4.90 Å². The van der Waals surface area contributed by atoms with E-state index in [1.165, 1.54) is 32.4 Å². The fourth-order valence-corrected chi connectivity index (χ4v) is 4.24. The maximum absolute atomic E-state index is 6.37. The molecule has 140 valence electrons. The van der Waals surface area contributed by atoms with Gasteiger partial charge in [-0.2, -0.15) is 0 Å². The Labute approximate surface area is 160 Å². The van der Waals surface area contributed by atoms with Crippen LogP contribution < -0.4 is 16.2 Å². The number of likely N-dealkylation sites (tertiary alicyclic amines) is 1. The number of para-hydroxylation sites is 1. The highest BCUT2D eigenvalue weighted by Crippen LogP contribution is 2.37. The van der Waals surface area contributed by atoms with E-state index in [-0.39, 0.29) is 6.10 Å². The van der Waals surface area contributed by atoms with Crippen LogP contribution in [0.25, 0.3) is 0 Å². The van der Waals surface area contributed by atoms with E-state index in [4.69, 9.17) is 16.2 Å². The molecule has 3 rings (SSSR count). The molecule has 2 atom stereocenters. The largest absolute Gasteiger partial charge is 0.488 e. The van der Waals surface area contributed by atoms with Crippen LogP contribution in [0.4, 0.5) is 11.4 Å². The molecule has 26 heavy (non-hydrogen) atoms. The summed E-state index contributed by atoms with van der Waals surface area (Å²) in [6.45, 7) is 6.79. The molecule has 4 N–H and O–H groups in total. The van der Waals surface area contributed by atoms with Gasteiger partial charge in [0.05, 0.1) is 16.3 Å². The predicted molar refractivity (Wildman–Crippen MR) is 111 cm³/mol. The maximum atomic E-state index is 6.37. The molecule has 1 fully saturated rings. The molecule has 4 nitrogen and oxygen atoms in total. The molecule has 0 bridgehead atoms. The van der Waals surface area contributed by atoms with Crippen LogP contribution in [0.3, 0.4) is 0 Å². The Kier molecular flexibility index (Phi) is 6.33. The van der Waals surface area contributed by atoms with E-state index in [1.54, 1.807) is 11.8 Å². The van der Waals surface area contributed by atoms with Crippen LogP contribution in [0.5, 0.6) is 5.75 Å². The summed E-state index contributed by atoms with van der Waals surface area (Å²) in [5.74, 6) is 0.921. The van der Waals surface area contributed by atoms with Gasteiger partial charge in [-0.05, 0) is 70.1 Å². The molecule has 0 spiro atoms. The first-order valence-electron chi connectivity index (χ1n) is 9.37. The van der Waals surface area contributed by atoms with Crippen LogP contribution in [0, 0.1) is 0 Å². The van der Waals surface area contributed by atoms with E-state index >= 15 is 0 Å². The zero-order valence-electron chi connectivity index (χ0n) is 15.7. The summed E-state index contributed by atoms with van der Waals surface area (Å²) in [4.78, 5) is 4.70. The maximum Gasteiger partial charge on any atom is 0.133 e. The average Bonchev–Trinajstić information content (AvgIpc) is 2.66. The summed E-state index contributed by atoms with van der Waals surface area (Å²) in [5.41, 5.74) is 13.0. The fourth-order valence-electron chi connectivity index (χ4n) is 3.30. The average molecular weight is 372 g/mol. The second kappa shape index (κ2) is 8.69. The lowest BCUT2D eigenvalue weighted by molar-refractivity contribution is 0.0723. The van der Waals surface area contributed by atoms with Gasteiger partial charge in [0.25, 0.3) is 0 Å². The summed E-state index contributed by atoms with van der Waals surface area (Å²) in [5, 5.41) is 0. The van der Waals surface area contributed by atoms with E-state index in [1.807, 2.05) is 36.4 Å². The van der Waals surface area contributed by atoms with Crippen molar-refractivity contribution in [1.82, 2.24) is 4.90 Å². The Morgan fingerprint density at radius 3 is 2.42 bits per heavy atom. The summed E-state index contributed by atoms with van der Waals surface area (Å²) >= 11 is 1.65. The van der Waals surface area contributed by atoms with E-state index < -0.39 is 0 Å². The lowest BCUT2D eigenvalue weighted by Crippen LogP contribution is -2.45. The van der Waals surface area contributed by atoms with Crippen LogP contribution >= 0.6 is 11.8 Å². The highest BCUT2D eigenvalue weighted by atomic mass is 32.2. The number of anilines is 2. The minimum atomic E-state index is 0.131. The van der Waals surface area contributed by atoms with E-state index in [2.05, 4.69) is 24.8 Å². The van der Waals surface area contributed by atoms with Crippen molar-refractivity contribution in [3.05, 3.63) is 42.5 Å². The highest BCUT2D eigenvalue weighted by molar-refractivity contribution is 7.99. The smallest absolute Gasteiger partial charge is 0.133 e. The Morgan fingerprint density at radius 1 is 0.962 bits per heavy atom. The van der Waals surface area contributed by atoms with Crippen LogP contribution in [-0.2, 0) is 0 Å². The lowest BCUT2D eigenvalue weighted by Gasteiger charge is -2.35. The van der Waals surface area contributed by atoms with Gasteiger partial charge < -0.3 is 16.2 Å². The van der Waals surface area contributed by atoms with Crippen molar-refractivity contribution in [2.24, 2.45) is 0 Å². The monoisotopic (exact) mass is 371 g/mol. The van der Waals surface area contributed by atoms with Crippen molar-refractivity contribution in [2.45, 2.75) is 55.0 Å². The van der Waals surface area contributed by atoms with Gasteiger partial charge in [0, 0.05) is 10.9 Å². The van der Waals surface area contributed by atoms with Gasteiger partial charge in [0.1, 0.15) is 11.9 Å². The number of nitrogens with two attached hydrogens (primary N) is 2. The number of hydrogen-bond donors (Lipinski definition) is 2. The third kappa shape index (κ3) is 4.65. The number of hydrogen-bond acceptors (Lipinski definition) is 5. The lowest BCUT2D eigenvalue weighted by atomic mass is 10.1. The number of nitrogens with zero attached hydrogens (tertiary/aromatic N) is 1. The minimum Gasteiger partial charge on any atom is -0.488 e. The first-order chi connectivity index (χ1) is 12.5. The zero-order chi connectivity index (χ0) is 18.5.